The molecule has 1 fully saturated rings. The SMILES string of the molecule is O=C(O)CCC/C=C\C[C@H]1[C@@H](O)C/C(=N/O)[C@@H]1/C=C/C(O)CCCc1ccccc1. The minimum atomic E-state index is -0.800. The van der Waals surface area contributed by atoms with E-state index in [2.05, 4.69) is 17.3 Å². The minimum absolute atomic E-state index is 0.126. The fraction of sp³-hybridized carbons (Fsp3) is 0.500. The normalized spacial score (nSPS) is 24.2. The Hall–Kier alpha value is -2.44. The molecule has 164 valence electrons. The van der Waals surface area contributed by atoms with Gasteiger partial charge in [-0.3, -0.25) is 4.79 Å². The van der Waals surface area contributed by atoms with Gasteiger partial charge in [0.25, 0.3) is 0 Å². The van der Waals surface area contributed by atoms with Gasteiger partial charge in [-0.05, 0) is 44.1 Å². The van der Waals surface area contributed by atoms with E-state index >= 15 is 0 Å². The highest BCUT2D eigenvalue weighted by atomic mass is 16.4. The van der Waals surface area contributed by atoms with Crippen LogP contribution in [0.1, 0.15) is 50.5 Å². The van der Waals surface area contributed by atoms with Gasteiger partial charge < -0.3 is 20.5 Å². The number of nitrogens with zero attached hydrogens (tertiary/aromatic N) is 1. The molecule has 30 heavy (non-hydrogen) atoms. The highest BCUT2D eigenvalue weighted by molar-refractivity contribution is 5.90. The molecular formula is C24H33NO5. The molecule has 1 aliphatic carbocycles. The van der Waals surface area contributed by atoms with Crippen LogP contribution >= 0.6 is 0 Å². The summed E-state index contributed by atoms with van der Waals surface area (Å²) in [4.78, 5) is 10.5. The third-order valence-corrected chi connectivity index (χ3v) is 5.57. The smallest absolute Gasteiger partial charge is 0.303 e. The zero-order chi connectivity index (χ0) is 21.8. The summed E-state index contributed by atoms with van der Waals surface area (Å²) in [5.41, 5.74) is 1.78. The van der Waals surface area contributed by atoms with Gasteiger partial charge in [-0.25, -0.2) is 0 Å². The first-order valence-corrected chi connectivity index (χ1v) is 10.7. The zero-order valence-electron chi connectivity index (χ0n) is 17.3. The van der Waals surface area contributed by atoms with Gasteiger partial charge in [-0.2, -0.15) is 0 Å². The zero-order valence-corrected chi connectivity index (χ0v) is 17.3. The van der Waals surface area contributed by atoms with Crippen LogP contribution in [0.15, 0.2) is 59.8 Å². The van der Waals surface area contributed by atoms with Gasteiger partial charge in [0.1, 0.15) is 0 Å². The van der Waals surface area contributed by atoms with E-state index in [1.54, 1.807) is 6.08 Å². The van der Waals surface area contributed by atoms with Gasteiger partial charge >= 0.3 is 5.97 Å². The Morgan fingerprint density at radius 2 is 1.97 bits per heavy atom. The summed E-state index contributed by atoms with van der Waals surface area (Å²) in [7, 11) is 0. The topological polar surface area (TPSA) is 110 Å². The molecule has 0 aromatic heterocycles. The number of hydrogen-bond acceptors (Lipinski definition) is 5. The Labute approximate surface area is 178 Å². The number of aliphatic carboxylic acids is 1. The van der Waals surface area contributed by atoms with Gasteiger partial charge in [0, 0.05) is 24.7 Å². The van der Waals surface area contributed by atoms with Crippen molar-refractivity contribution in [3.8, 4) is 0 Å². The van der Waals surface area contributed by atoms with E-state index in [1.165, 1.54) is 5.56 Å². The number of rotatable bonds is 12. The Kier molecular flexibility index (Phi) is 10.3. The van der Waals surface area contributed by atoms with Crippen molar-refractivity contribution in [1.29, 1.82) is 0 Å². The monoisotopic (exact) mass is 415 g/mol. The fourth-order valence-corrected chi connectivity index (χ4v) is 3.90. The van der Waals surface area contributed by atoms with Crippen molar-refractivity contribution in [3.63, 3.8) is 0 Å². The Balaban J connectivity index is 1.84. The number of aryl methyl sites for hydroxylation is 1. The molecular weight excluding hydrogens is 382 g/mol. The maximum Gasteiger partial charge on any atom is 0.303 e. The Morgan fingerprint density at radius 1 is 1.20 bits per heavy atom. The molecule has 4 N–H and O–H groups in total. The maximum absolute atomic E-state index is 10.5. The van der Waals surface area contributed by atoms with Crippen LogP contribution in [-0.2, 0) is 11.2 Å². The second-order valence-electron chi connectivity index (χ2n) is 7.88. The number of allylic oxidation sites excluding steroid dienone is 3. The number of aliphatic hydroxyl groups excluding tert-OH is 2. The van der Waals surface area contributed by atoms with Crippen molar-refractivity contribution >= 4 is 11.7 Å². The molecule has 6 heteroatoms. The van der Waals surface area contributed by atoms with Crippen molar-refractivity contribution in [2.75, 3.05) is 0 Å². The molecule has 0 heterocycles. The van der Waals surface area contributed by atoms with Crippen LogP contribution < -0.4 is 0 Å². The fourth-order valence-electron chi connectivity index (χ4n) is 3.90. The van der Waals surface area contributed by atoms with E-state index in [1.807, 2.05) is 36.4 Å². The first-order valence-electron chi connectivity index (χ1n) is 10.7. The van der Waals surface area contributed by atoms with Crippen LogP contribution in [-0.4, -0.2) is 44.4 Å². The van der Waals surface area contributed by atoms with Crippen LogP contribution in [0.3, 0.4) is 0 Å². The number of hydrogen-bond donors (Lipinski definition) is 4. The lowest BCUT2D eigenvalue weighted by Crippen LogP contribution is -2.19. The number of aliphatic hydroxyl groups is 2. The highest BCUT2D eigenvalue weighted by Crippen LogP contribution is 2.34. The Bertz CT molecular complexity index is 728. The number of carbonyl (C=O) groups is 1. The molecule has 0 amide bonds. The van der Waals surface area contributed by atoms with Crippen LogP contribution in [0.4, 0.5) is 0 Å². The third kappa shape index (κ3) is 8.13. The quantitative estimate of drug-likeness (QED) is 0.179. The lowest BCUT2D eigenvalue weighted by atomic mass is 9.89. The van der Waals surface area contributed by atoms with E-state index in [9.17, 15) is 20.2 Å². The lowest BCUT2D eigenvalue weighted by Gasteiger charge is -2.18. The minimum Gasteiger partial charge on any atom is -0.481 e. The van der Waals surface area contributed by atoms with Gasteiger partial charge in [0.15, 0.2) is 0 Å². The molecule has 6 nitrogen and oxygen atoms in total. The molecule has 0 aliphatic heterocycles. The van der Waals surface area contributed by atoms with Crippen molar-refractivity contribution in [2.45, 2.75) is 63.6 Å². The van der Waals surface area contributed by atoms with Gasteiger partial charge in [-0.15, -0.1) is 0 Å². The summed E-state index contributed by atoms with van der Waals surface area (Å²) in [6, 6.07) is 10.2. The molecule has 2 rings (SSSR count). The Morgan fingerprint density at radius 3 is 2.67 bits per heavy atom. The molecule has 4 atom stereocenters. The molecule has 0 saturated heterocycles. The summed E-state index contributed by atoms with van der Waals surface area (Å²) in [6.45, 7) is 0. The van der Waals surface area contributed by atoms with Crippen LogP contribution in [0.5, 0.6) is 0 Å². The van der Waals surface area contributed by atoms with Gasteiger partial charge in [0.2, 0.25) is 0 Å². The predicted octanol–water partition coefficient (Wildman–Crippen LogP) is 3.95. The van der Waals surface area contributed by atoms with Crippen LogP contribution in [0.2, 0.25) is 0 Å². The number of unbranched alkanes of at least 4 members (excludes halogenated alkanes) is 1. The van der Waals surface area contributed by atoms with E-state index in [4.69, 9.17) is 5.11 Å². The van der Waals surface area contributed by atoms with E-state index in [-0.39, 0.29) is 18.3 Å². The summed E-state index contributed by atoms with van der Waals surface area (Å²) in [5.74, 6) is -1.15. The first-order chi connectivity index (χ1) is 14.5. The first kappa shape index (κ1) is 23.8. The molecule has 0 bridgehead atoms. The molecule has 1 aliphatic rings. The van der Waals surface area contributed by atoms with Crippen LogP contribution in [0.25, 0.3) is 0 Å². The second kappa shape index (κ2) is 13.0. The second-order valence-corrected chi connectivity index (χ2v) is 7.88. The molecule has 1 unspecified atom stereocenters. The lowest BCUT2D eigenvalue weighted by molar-refractivity contribution is -0.137. The van der Waals surface area contributed by atoms with E-state index in [0.29, 0.717) is 37.8 Å². The number of carboxylic acid groups (broad SMARTS) is 1. The molecule has 1 saturated carbocycles. The molecule has 0 spiro atoms. The summed E-state index contributed by atoms with van der Waals surface area (Å²) in [6.07, 6.45) is 11.0. The number of oxime groups is 1. The number of benzene rings is 1. The molecule has 0 radical (unpaired) electrons. The summed E-state index contributed by atoms with van der Waals surface area (Å²) < 4.78 is 0. The predicted molar refractivity (Wildman–Crippen MR) is 117 cm³/mol. The average Bonchev–Trinajstić information content (AvgIpc) is 3.04. The van der Waals surface area contributed by atoms with Crippen LogP contribution in [0, 0.1) is 11.8 Å². The third-order valence-electron chi connectivity index (χ3n) is 5.57. The van der Waals surface area contributed by atoms with Crippen molar-refractivity contribution in [2.24, 2.45) is 17.0 Å². The van der Waals surface area contributed by atoms with Crippen molar-refractivity contribution in [3.05, 3.63) is 60.2 Å². The number of carboxylic acids is 1. The average molecular weight is 416 g/mol. The highest BCUT2D eigenvalue weighted by Gasteiger charge is 2.38. The van der Waals surface area contributed by atoms with Gasteiger partial charge in [0.05, 0.1) is 17.9 Å². The van der Waals surface area contributed by atoms with E-state index in [0.717, 1.165) is 12.8 Å². The van der Waals surface area contributed by atoms with Crippen molar-refractivity contribution in [1.82, 2.24) is 0 Å². The van der Waals surface area contributed by atoms with E-state index < -0.39 is 18.2 Å². The van der Waals surface area contributed by atoms with Gasteiger partial charge in [-0.1, -0.05) is 59.8 Å². The standard InChI is InChI=1S/C24H33NO5/c26-19(12-8-11-18-9-4-3-5-10-18)15-16-20-21(23(27)17-22(20)25-30)13-6-1-2-7-14-24(28)29/h1,3-6,9-10,15-16,19-21,23,26-27,30H,2,7-8,11-14,17H2,(H,28,29)/b6-1-,16-15+,25-22-/t19?,20-,21-,23+/m1/s1. The summed E-state index contributed by atoms with van der Waals surface area (Å²) in [5, 5.41) is 42.0. The van der Waals surface area contributed by atoms with Crippen molar-refractivity contribution < 1.29 is 25.3 Å². The maximum atomic E-state index is 10.5. The molecule has 1 aromatic rings. The summed E-state index contributed by atoms with van der Waals surface area (Å²) >= 11 is 0. The molecule has 1 aromatic carbocycles. The largest absolute Gasteiger partial charge is 0.481 e.